The van der Waals surface area contributed by atoms with Crippen LogP contribution in [0, 0.1) is 0 Å². The lowest BCUT2D eigenvalue weighted by Gasteiger charge is -2.22. The number of hydrogen-bond acceptors (Lipinski definition) is 6. The lowest BCUT2D eigenvalue weighted by atomic mass is 9.98. The van der Waals surface area contributed by atoms with Crippen LogP contribution in [-0.4, -0.2) is 22.0 Å². The highest BCUT2D eigenvalue weighted by Crippen LogP contribution is 2.22. The zero-order valence-corrected chi connectivity index (χ0v) is 12.8. The standard InChI is InChI=1S/C16H20N4O3/c17-16(21)13-7-6-12(22-13)8-19-14-9-18-10-15(20-14)23-11-4-2-1-3-5-11/h6-7,9-11H,1-5,8H2,(H2,17,21)(H,19,20). The third kappa shape index (κ3) is 4.21. The lowest BCUT2D eigenvalue weighted by Crippen LogP contribution is -2.20. The van der Waals surface area contributed by atoms with Crippen LogP contribution < -0.4 is 15.8 Å². The summed E-state index contributed by atoms with van der Waals surface area (Å²) in [5.41, 5.74) is 5.15. The van der Waals surface area contributed by atoms with E-state index in [-0.39, 0.29) is 11.9 Å². The van der Waals surface area contributed by atoms with Gasteiger partial charge < -0.3 is 20.2 Å². The second kappa shape index (κ2) is 7.13. The van der Waals surface area contributed by atoms with Gasteiger partial charge >= 0.3 is 0 Å². The quantitative estimate of drug-likeness (QED) is 0.848. The van der Waals surface area contributed by atoms with Crippen molar-refractivity contribution in [2.24, 2.45) is 5.73 Å². The fourth-order valence-corrected chi connectivity index (χ4v) is 2.63. The SMILES string of the molecule is NC(=O)c1ccc(CNc2cncc(OC3CCCCC3)n2)o1. The van der Waals surface area contributed by atoms with Crippen LogP contribution in [0.1, 0.15) is 48.4 Å². The number of nitrogens with two attached hydrogens (primary N) is 1. The Morgan fingerprint density at radius 2 is 2.13 bits per heavy atom. The van der Waals surface area contributed by atoms with Gasteiger partial charge in [0.2, 0.25) is 5.88 Å². The van der Waals surface area contributed by atoms with Crippen LogP contribution in [0.3, 0.4) is 0 Å². The molecule has 0 unspecified atom stereocenters. The number of ether oxygens (including phenoxy) is 1. The molecule has 0 spiro atoms. The van der Waals surface area contributed by atoms with E-state index in [4.69, 9.17) is 14.9 Å². The Bertz CT molecular complexity index is 665. The highest BCUT2D eigenvalue weighted by Gasteiger charge is 2.15. The minimum atomic E-state index is -0.584. The molecule has 23 heavy (non-hydrogen) atoms. The van der Waals surface area contributed by atoms with E-state index in [0.717, 1.165) is 12.8 Å². The van der Waals surface area contributed by atoms with E-state index < -0.39 is 5.91 Å². The van der Waals surface area contributed by atoms with Crippen molar-refractivity contribution in [3.63, 3.8) is 0 Å². The summed E-state index contributed by atoms with van der Waals surface area (Å²) in [5, 5.41) is 3.09. The fourth-order valence-electron chi connectivity index (χ4n) is 2.63. The van der Waals surface area contributed by atoms with Crippen molar-refractivity contribution in [2.45, 2.75) is 44.8 Å². The molecule has 0 atom stereocenters. The van der Waals surface area contributed by atoms with Gasteiger partial charge in [0, 0.05) is 0 Å². The zero-order valence-electron chi connectivity index (χ0n) is 12.8. The number of hydrogen-bond donors (Lipinski definition) is 2. The van der Waals surface area contributed by atoms with Crippen molar-refractivity contribution >= 4 is 11.7 Å². The molecule has 1 aliphatic rings. The first kappa shape index (κ1) is 15.3. The first-order chi connectivity index (χ1) is 11.2. The molecular formula is C16H20N4O3. The van der Waals surface area contributed by atoms with Crippen molar-refractivity contribution < 1.29 is 13.9 Å². The predicted molar refractivity (Wildman–Crippen MR) is 84.1 cm³/mol. The minimum absolute atomic E-state index is 0.141. The van der Waals surface area contributed by atoms with E-state index in [1.807, 2.05) is 0 Å². The molecule has 1 aliphatic carbocycles. The average Bonchev–Trinajstić information content (AvgIpc) is 3.04. The molecule has 7 heteroatoms. The number of amides is 1. The summed E-state index contributed by atoms with van der Waals surface area (Å²) in [7, 11) is 0. The van der Waals surface area contributed by atoms with E-state index in [1.54, 1.807) is 24.5 Å². The molecule has 3 N–H and O–H groups in total. The first-order valence-corrected chi connectivity index (χ1v) is 7.82. The Hall–Kier alpha value is -2.57. The molecule has 0 aliphatic heterocycles. The van der Waals surface area contributed by atoms with Gasteiger partial charge in [0.05, 0.1) is 18.9 Å². The van der Waals surface area contributed by atoms with Gasteiger partial charge in [0.1, 0.15) is 17.7 Å². The second-order valence-corrected chi connectivity index (χ2v) is 5.60. The van der Waals surface area contributed by atoms with Crippen LogP contribution in [0.4, 0.5) is 5.82 Å². The summed E-state index contributed by atoms with van der Waals surface area (Å²) >= 11 is 0. The molecule has 1 amide bonds. The maximum absolute atomic E-state index is 11.0. The lowest BCUT2D eigenvalue weighted by molar-refractivity contribution is 0.0972. The molecule has 1 saturated carbocycles. The van der Waals surface area contributed by atoms with Crippen molar-refractivity contribution in [1.82, 2.24) is 9.97 Å². The Morgan fingerprint density at radius 1 is 1.30 bits per heavy atom. The van der Waals surface area contributed by atoms with Crippen LogP contribution in [0.2, 0.25) is 0 Å². The molecular weight excluding hydrogens is 296 g/mol. The smallest absolute Gasteiger partial charge is 0.284 e. The van der Waals surface area contributed by atoms with Crippen LogP contribution in [0.15, 0.2) is 28.9 Å². The van der Waals surface area contributed by atoms with Crippen LogP contribution in [-0.2, 0) is 6.54 Å². The number of aromatic nitrogens is 2. The Kier molecular flexibility index (Phi) is 4.75. The number of nitrogens with one attached hydrogen (secondary N) is 1. The number of nitrogens with zero attached hydrogens (tertiary/aromatic N) is 2. The van der Waals surface area contributed by atoms with Crippen molar-refractivity contribution in [3.8, 4) is 5.88 Å². The van der Waals surface area contributed by atoms with Gasteiger partial charge in [0.25, 0.3) is 5.91 Å². The molecule has 7 nitrogen and oxygen atoms in total. The molecule has 2 aromatic rings. The van der Waals surface area contributed by atoms with E-state index in [1.165, 1.54) is 19.3 Å². The number of carbonyl (C=O) groups is 1. The topological polar surface area (TPSA) is 103 Å². The highest BCUT2D eigenvalue weighted by molar-refractivity contribution is 5.89. The first-order valence-electron chi connectivity index (χ1n) is 7.82. The van der Waals surface area contributed by atoms with E-state index >= 15 is 0 Å². The Morgan fingerprint density at radius 3 is 2.87 bits per heavy atom. The van der Waals surface area contributed by atoms with Crippen LogP contribution in [0.5, 0.6) is 5.88 Å². The summed E-state index contributed by atoms with van der Waals surface area (Å²) < 4.78 is 11.2. The summed E-state index contributed by atoms with van der Waals surface area (Å²) in [6.45, 7) is 0.384. The molecule has 2 aromatic heterocycles. The molecule has 0 aromatic carbocycles. The molecule has 2 heterocycles. The Balaban J connectivity index is 1.57. The van der Waals surface area contributed by atoms with Crippen molar-refractivity contribution in [2.75, 3.05) is 5.32 Å². The maximum Gasteiger partial charge on any atom is 0.284 e. The Labute approximate surface area is 134 Å². The minimum Gasteiger partial charge on any atom is -0.473 e. The van der Waals surface area contributed by atoms with Gasteiger partial charge in [-0.05, 0) is 37.8 Å². The molecule has 0 radical (unpaired) electrons. The predicted octanol–water partition coefficient (Wildman–Crippen LogP) is 2.49. The number of anilines is 1. The number of furan rings is 1. The monoisotopic (exact) mass is 316 g/mol. The van der Waals surface area contributed by atoms with Gasteiger partial charge in [0.15, 0.2) is 5.76 Å². The van der Waals surface area contributed by atoms with E-state index in [9.17, 15) is 4.79 Å². The largest absolute Gasteiger partial charge is 0.473 e. The summed E-state index contributed by atoms with van der Waals surface area (Å²) in [6.07, 6.45) is 9.31. The fraction of sp³-hybridized carbons (Fsp3) is 0.438. The summed E-state index contributed by atoms with van der Waals surface area (Å²) in [4.78, 5) is 19.5. The summed E-state index contributed by atoms with van der Waals surface area (Å²) in [6, 6.07) is 3.25. The molecule has 122 valence electrons. The van der Waals surface area contributed by atoms with E-state index in [2.05, 4.69) is 15.3 Å². The maximum atomic E-state index is 11.0. The van der Waals surface area contributed by atoms with Gasteiger partial charge in [-0.2, -0.15) is 4.98 Å². The second-order valence-electron chi connectivity index (χ2n) is 5.60. The zero-order chi connectivity index (χ0) is 16.1. The molecule has 0 bridgehead atoms. The molecule has 0 saturated heterocycles. The normalized spacial score (nSPS) is 15.3. The molecule has 3 rings (SSSR count). The van der Waals surface area contributed by atoms with Crippen LogP contribution >= 0.6 is 0 Å². The van der Waals surface area contributed by atoms with E-state index in [0.29, 0.717) is 24.0 Å². The number of primary amides is 1. The summed E-state index contributed by atoms with van der Waals surface area (Å²) in [5.74, 6) is 1.27. The van der Waals surface area contributed by atoms with Crippen molar-refractivity contribution in [3.05, 3.63) is 36.0 Å². The van der Waals surface area contributed by atoms with Crippen molar-refractivity contribution in [1.29, 1.82) is 0 Å². The molecule has 1 fully saturated rings. The number of rotatable bonds is 6. The number of carbonyl (C=O) groups excluding carboxylic acids is 1. The van der Waals surface area contributed by atoms with Gasteiger partial charge in [-0.15, -0.1) is 0 Å². The third-order valence-corrected chi connectivity index (χ3v) is 3.80. The van der Waals surface area contributed by atoms with Crippen LogP contribution in [0.25, 0.3) is 0 Å². The van der Waals surface area contributed by atoms with Gasteiger partial charge in [-0.3, -0.25) is 9.78 Å². The third-order valence-electron chi connectivity index (χ3n) is 3.80. The van der Waals surface area contributed by atoms with Gasteiger partial charge in [-0.25, -0.2) is 0 Å². The van der Waals surface area contributed by atoms with Gasteiger partial charge in [-0.1, -0.05) is 6.42 Å². The average molecular weight is 316 g/mol. The highest BCUT2D eigenvalue weighted by atomic mass is 16.5.